The molecule has 21 heavy (non-hydrogen) atoms. The minimum absolute atomic E-state index is 0.0778. The van der Waals surface area contributed by atoms with Gasteiger partial charge in [-0.1, -0.05) is 19.1 Å². The van der Waals surface area contributed by atoms with Crippen molar-refractivity contribution in [2.24, 2.45) is 5.92 Å². The summed E-state index contributed by atoms with van der Waals surface area (Å²) >= 11 is 0. The van der Waals surface area contributed by atoms with Crippen molar-refractivity contribution in [3.05, 3.63) is 41.2 Å². The molecule has 0 spiro atoms. The van der Waals surface area contributed by atoms with Gasteiger partial charge in [0.2, 0.25) is 0 Å². The Labute approximate surface area is 120 Å². The molecule has 110 valence electrons. The maximum absolute atomic E-state index is 11.2. The number of carboxylic acid groups (broad SMARTS) is 2. The summed E-state index contributed by atoms with van der Waals surface area (Å²) in [5.74, 6) is -1.91. The molecule has 0 radical (unpaired) electrons. The van der Waals surface area contributed by atoms with Crippen LogP contribution in [-0.2, 0) is 6.42 Å². The van der Waals surface area contributed by atoms with Gasteiger partial charge in [0.25, 0.3) is 0 Å². The van der Waals surface area contributed by atoms with Gasteiger partial charge >= 0.3 is 11.9 Å². The highest BCUT2D eigenvalue weighted by Gasteiger charge is 2.20. The summed E-state index contributed by atoms with van der Waals surface area (Å²) in [7, 11) is 0. The third kappa shape index (κ3) is 3.07. The number of nitrogens with zero attached hydrogens (tertiary/aromatic N) is 3. The van der Waals surface area contributed by atoms with Crippen LogP contribution in [0, 0.1) is 5.92 Å². The van der Waals surface area contributed by atoms with Gasteiger partial charge in [-0.25, -0.2) is 14.3 Å². The van der Waals surface area contributed by atoms with Crippen LogP contribution in [0.3, 0.4) is 0 Å². The average Bonchev–Trinajstić information content (AvgIpc) is 2.81. The van der Waals surface area contributed by atoms with E-state index in [4.69, 9.17) is 10.2 Å². The Hall–Kier alpha value is -2.70. The van der Waals surface area contributed by atoms with Crippen molar-refractivity contribution in [3.8, 4) is 5.69 Å². The summed E-state index contributed by atoms with van der Waals surface area (Å²) in [5.41, 5.74) is 1.16. The third-order valence-corrected chi connectivity index (χ3v) is 2.93. The monoisotopic (exact) mass is 289 g/mol. The number of rotatable bonds is 5. The number of aromatic nitrogens is 3. The lowest BCUT2D eigenvalue weighted by atomic mass is 10.1. The normalized spacial score (nSPS) is 10.8. The summed E-state index contributed by atoms with van der Waals surface area (Å²) in [4.78, 5) is 22.0. The number of carboxylic acids is 2. The van der Waals surface area contributed by atoms with Crippen LogP contribution in [0.15, 0.2) is 24.3 Å². The van der Waals surface area contributed by atoms with E-state index in [1.165, 1.54) is 16.8 Å². The molecule has 7 nitrogen and oxygen atoms in total. The van der Waals surface area contributed by atoms with Gasteiger partial charge in [0.15, 0.2) is 5.69 Å². The first kappa shape index (κ1) is 14.7. The Morgan fingerprint density at radius 1 is 1.14 bits per heavy atom. The van der Waals surface area contributed by atoms with Crippen LogP contribution in [0.5, 0.6) is 0 Å². The first-order valence-corrected chi connectivity index (χ1v) is 6.41. The van der Waals surface area contributed by atoms with Gasteiger partial charge < -0.3 is 10.2 Å². The highest BCUT2D eigenvalue weighted by atomic mass is 16.4. The zero-order chi connectivity index (χ0) is 15.6. The Morgan fingerprint density at radius 2 is 1.76 bits per heavy atom. The van der Waals surface area contributed by atoms with Gasteiger partial charge in [0, 0.05) is 0 Å². The second-order valence-electron chi connectivity index (χ2n) is 5.05. The molecule has 2 aromatic rings. The van der Waals surface area contributed by atoms with Gasteiger partial charge in [0.05, 0.1) is 16.9 Å². The zero-order valence-electron chi connectivity index (χ0n) is 11.6. The Morgan fingerprint density at radius 3 is 2.24 bits per heavy atom. The smallest absolute Gasteiger partial charge is 0.358 e. The Kier molecular flexibility index (Phi) is 4.02. The van der Waals surface area contributed by atoms with Crippen LogP contribution in [-0.4, -0.2) is 37.1 Å². The molecule has 0 aliphatic heterocycles. The third-order valence-electron chi connectivity index (χ3n) is 2.93. The maximum Gasteiger partial charge on any atom is 0.358 e. The fourth-order valence-corrected chi connectivity index (χ4v) is 1.99. The molecule has 1 aromatic carbocycles. The van der Waals surface area contributed by atoms with Gasteiger partial charge in [-0.05, 0) is 36.6 Å². The molecule has 0 saturated carbocycles. The van der Waals surface area contributed by atoms with Crippen LogP contribution < -0.4 is 0 Å². The molecule has 0 saturated heterocycles. The van der Waals surface area contributed by atoms with Crippen molar-refractivity contribution in [2.75, 3.05) is 0 Å². The van der Waals surface area contributed by atoms with E-state index in [1.54, 1.807) is 12.1 Å². The van der Waals surface area contributed by atoms with E-state index in [0.29, 0.717) is 17.8 Å². The second-order valence-corrected chi connectivity index (χ2v) is 5.05. The lowest BCUT2D eigenvalue weighted by molar-refractivity contribution is 0.0681. The molecule has 2 N–H and O–H groups in total. The fourth-order valence-electron chi connectivity index (χ4n) is 1.99. The number of benzene rings is 1. The molecule has 1 aromatic heterocycles. The first-order valence-electron chi connectivity index (χ1n) is 6.41. The van der Waals surface area contributed by atoms with Gasteiger partial charge in [-0.15, -0.1) is 5.10 Å². The van der Waals surface area contributed by atoms with Crippen LogP contribution in [0.25, 0.3) is 5.69 Å². The molecule has 0 bridgehead atoms. The van der Waals surface area contributed by atoms with Crippen molar-refractivity contribution in [1.82, 2.24) is 15.0 Å². The molecule has 7 heteroatoms. The molecule has 2 rings (SSSR count). The zero-order valence-corrected chi connectivity index (χ0v) is 11.6. The number of hydrogen-bond acceptors (Lipinski definition) is 4. The standard InChI is InChI=1S/C14H15N3O4/c1-8(2)7-11-12(14(20)21)15-16-17(11)10-5-3-9(4-6-10)13(18)19/h3-6,8H,7H2,1-2H3,(H,18,19)(H,20,21). The minimum Gasteiger partial charge on any atom is -0.478 e. The van der Waals surface area contributed by atoms with Crippen molar-refractivity contribution >= 4 is 11.9 Å². The lowest BCUT2D eigenvalue weighted by Gasteiger charge is -2.09. The quantitative estimate of drug-likeness (QED) is 0.870. The molecule has 0 aliphatic carbocycles. The van der Waals surface area contributed by atoms with Crippen LogP contribution in [0.4, 0.5) is 0 Å². The largest absolute Gasteiger partial charge is 0.478 e. The van der Waals surface area contributed by atoms with E-state index in [9.17, 15) is 9.59 Å². The summed E-state index contributed by atoms with van der Waals surface area (Å²) < 4.78 is 1.44. The summed E-state index contributed by atoms with van der Waals surface area (Å²) in [6.07, 6.45) is 0.509. The molecule has 0 fully saturated rings. The van der Waals surface area contributed by atoms with Gasteiger partial charge in [0.1, 0.15) is 0 Å². The topological polar surface area (TPSA) is 105 Å². The first-order chi connectivity index (χ1) is 9.90. The van der Waals surface area contributed by atoms with E-state index in [-0.39, 0.29) is 17.2 Å². The molecule has 1 heterocycles. The van der Waals surface area contributed by atoms with E-state index in [1.807, 2.05) is 13.8 Å². The average molecular weight is 289 g/mol. The Bertz CT molecular complexity index is 674. The SMILES string of the molecule is CC(C)Cc1c(C(=O)O)nnn1-c1ccc(C(=O)O)cc1. The highest BCUT2D eigenvalue weighted by molar-refractivity contribution is 5.88. The molecule has 0 atom stereocenters. The summed E-state index contributed by atoms with van der Waals surface area (Å²) in [6.45, 7) is 3.94. The van der Waals surface area contributed by atoms with E-state index in [0.717, 1.165) is 0 Å². The van der Waals surface area contributed by atoms with Crippen LogP contribution in [0.1, 0.15) is 40.4 Å². The lowest BCUT2D eigenvalue weighted by Crippen LogP contribution is -2.10. The van der Waals surface area contributed by atoms with Crippen molar-refractivity contribution in [1.29, 1.82) is 0 Å². The minimum atomic E-state index is -1.13. The van der Waals surface area contributed by atoms with E-state index < -0.39 is 11.9 Å². The predicted molar refractivity (Wildman–Crippen MR) is 73.8 cm³/mol. The van der Waals surface area contributed by atoms with Gasteiger partial charge in [-0.2, -0.15) is 0 Å². The van der Waals surface area contributed by atoms with Gasteiger partial charge in [-0.3, -0.25) is 0 Å². The number of carbonyl (C=O) groups is 2. The Balaban J connectivity index is 2.47. The number of hydrogen-bond donors (Lipinski definition) is 2. The van der Waals surface area contributed by atoms with Crippen molar-refractivity contribution in [3.63, 3.8) is 0 Å². The van der Waals surface area contributed by atoms with Crippen molar-refractivity contribution < 1.29 is 19.8 Å². The van der Waals surface area contributed by atoms with E-state index in [2.05, 4.69) is 10.3 Å². The van der Waals surface area contributed by atoms with E-state index >= 15 is 0 Å². The fraction of sp³-hybridized carbons (Fsp3) is 0.286. The summed E-state index contributed by atoms with van der Waals surface area (Å²) in [6, 6.07) is 6.04. The number of aromatic carboxylic acids is 2. The maximum atomic E-state index is 11.2. The van der Waals surface area contributed by atoms with Crippen molar-refractivity contribution in [2.45, 2.75) is 20.3 Å². The van der Waals surface area contributed by atoms with Crippen LogP contribution >= 0.6 is 0 Å². The highest BCUT2D eigenvalue weighted by Crippen LogP contribution is 2.17. The van der Waals surface area contributed by atoms with Crippen LogP contribution in [0.2, 0.25) is 0 Å². The molecular formula is C14H15N3O4. The molecule has 0 amide bonds. The summed E-state index contributed by atoms with van der Waals surface area (Å²) in [5, 5.41) is 25.6. The molecule has 0 unspecified atom stereocenters. The predicted octanol–water partition coefficient (Wildman–Crippen LogP) is 1.86. The molecular weight excluding hydrogens is 274 g/mol. The second kappa shape index (κ2) is 5.74. The molecule has 0 aliphatic rings.